The van der Waals surface area contributed by atoms with Crippen LogP contribution < -0.4 is 0 Å². The van der Waals surface area contributed by atoms with E-state index >= 15 is 0 Å². The number of fused-ring (bicyclic) bond motifs is 1. The molecule has 0 aromatic heterocycles. The zero-order valence-corrected chi connectivity index (χ0v) is 16.1. The number of amides is 1. The fourth-order valence-corrected chi connectivity index (χ4v) is 3.53. The first-order valence-corrected chi connectivity index (χ1v) is 9.55. The maximum absolute atomic E-state index is 12.4. The number of carbonyl (C=O) groups excluding carboxylic acids is 2. The Hall–Kier alpha value is -2.92. The first-order chi connectivity index (χ1) is 13.1. The third-order valence-corrected chi connectivity index (χ3v) is 5.24. The number of amidine groups is 1. The lowest BCUT2D eigenvalue weighted by Gasteiger charge is -2.15. The Bertz CT molecular complexity index is 1000. The predicted molar refractivity (Wildman–Crippen MR) is 113 cm³/mol. The van der Waals surface area contributed by atoms with E-state index in [0.717, 1.165) is 22.0 Å². The molecule has 5 heteroatoms. The molecule has 0 N–H and O–H groups in total. The van der Waals surface area contributed by atoms with Crippen molar-refractivity contribution in [1.29, 1.82) is 0 Å². The second-order valence-corrected chi connectivity index (χ2v) is 7.08. The molecule has 0 aliphatic rings. The predicted octanol–water partition coefficient (Wildman–Crippen LogP) is 4.84. The van der Waals surface area contributed by atoms with Crippen molar-refractivity contribution in [3.63, 3.8) is 0 Å². The smallest absolute Gasteiger partial charge is 0.215 e. The first kappa shape index (κ1) is 18.9. The third-order valence-electron chi connectivity index (χ3n) is 4.20. The van der Waals surface area contributed by atoms with Crippen molar-refractivity contribution < 1.29 is 9.59 Å². The van der Waals surface area contributed by atoms with Crippen LogP contribution in [0.4, 0.5) is 5.69 Å². The highest BCUT2D eigenvalue weighted by Gasteiger charge is 2.13. The van der Waals surface area contributed by atoms with E-state index in [1.807, 2.05) is 55.5 Å². The van der Waals surface area contributed by atoms with E-state index in [4.69, 9.17) is 4.99 Å². The van der Waals surface area contributed by atoms with Crippen LogP contribution in [0.25, 0.3) is 10.8 Å². The van der Waals surface area contributed by atoms with Gasteiger partial charge in [-0.2, -0.15) is 0 Å². The van der Waals surface area contributed by atoms with Crippen molar-refractivity contribution in [3.8, 4) is 0 Å². The normalized spacial score (nSPS) is 11.4. The summed E-state index contributed by atoms with van der Waals surface area (Å²) in [4.78, 5) is 29.9. The van der Waals surface area contributed by atoms with E-state index in [-0.39, 0.29) is 11.5 Å². The molecule has 3 aromatic rings. The molecule has 0 atom stereocenters. The van der Waals surface area contributed by atoms with Gasteiger partial charge in [-0.05, 0) is 17.9 Å². The topological polar surface area (TPSA) is 49.7 Å². The standard InChI is InChI=1S/C22H20N2O2S/c1-16-12-13-17-8-6-7-11-19(17)21(16)23-22(24(2)15-25)27-14-20(26)18-9-4-3-5-10-18/h3-13,15H,14H2,1-2H3. The van der Waals surface area contributed by atoms with Gasteiger partial charge < -0.3 is 0 Å². The van der Waals surface area contributed by atoms with E-state index in [9.17, 15) is 9.59 Å². The number of carbonyl (C=O) groups is 2. The fraction of sp³-hybridized carbons (Fsp3) is 0.136. The number of aliphatic imine (C=N–C) groups is 1. The minimum absolute atomic E-state index is 0.00207. The molecule has 0 saturated heterocycles. The highest BCUT2D eigenvalue weighted by molar-refractivity contribution is 8.14. The van der Waals surface area contributed by atoms with Gasteiger partial charge in [0.25, 0.3) is 0 Å². The summed E-state index contributed by atoms with van der Waals surface area (Å²) in [5.41, 5.74) is 2.48. The van der Waals surface area contributed by atoms with Crippen molar-refractivity contribution in [1.82, 2.24) is 4.90 Å². The molecule has 0 spiro atoms. The average molecular weight is 376 g/mol. The molecule has 0 radical (unpaired) electrons. The monoisotopic (exact) mass is 376 g/mol. The summed E-state index contributed by atoms with van der Waals surface area (Å²) in [6, 6.07) is 21.2. The lowest BCUT2D eigenvalue weighted by atomic mass is 10.1. The SMILES string of the molecule is Cc1ccc2ccccc2c1N=C(SCC(=O)c1ccccc1)N(C)C=O. The molecule has 0 saturated carbocycles. The van der Waals surface area contributed by atoms with E-state index in [2.05, 4.69) is 6.07 Å². The molecule has 0 unspecified atom stereocenters. The highest BCUT2D eigenvalue weighted by atomic mass is 32.2. The lowest BCUT2D eigenvalue weighted by molar-refractivity contribution is -0.113. The zero-order chi connectivity index (χ0) is 19.2. The van der Waals surface area contributed by atoms with Crippen molar-refractivity contribution >= 4 is 45.6 Å². The Balaban J connectivity index is 1.93. The van der Waals surface area contributed by atoms with Crippen LogP contribution in [0.15, 0.2) is 71.7 Å². The Morgan fingerprint density at radius 2 is 1.74 bits per heavy atom. The summed E-state index contributed by atoms with van der Waals surface area (Å²) in [6.45, 7) is 1.99. The first-order valence-electron chi connectivity index (χ1n) is 8.56. The molecular weight excluding hydrogens is 356 g/mol. The van der Waals surface area contributed by atoms with Gasteiger partial charge in [0.1, 0.15) is 0 Å². The van der Waals surface area contributed by atoms with Gasteiger partial charge in [0.2, 0.25) is 6.41 Å². The fourth-order valence-electron chi connectivity index (χ4n) is 2.70. The molecule has 1 amide bonds. The largest absolute Gasteiger partial charge is 0.297 e. The maximum Gasteiger partial charge on any atom is 0.215 e. The molecule has 3 aromatic carbocycles. The Morgan fingerprint density at radius 1 is 1.04 bits per heavy atom. The number of benzene rings is 3. The van der Waals surface area contributed by atoms with Gasteiger partial charge in [0, 0.05) is 18.0 Å². The van der Waals surface area contributed by atoms with Crippen LogP contribution in [0, 0.1) is 6.92 Å². The van der Waals surface area contributed by atoms with Gasteiger partial charge in [0.15, 0.2) is 11.0 Å². The van der Waals surface area contributed by atoms with Gasteiger partial charge in [0.05, 0.1) is 11.4 Å². The van der Waals surface area contributed by atoms with Crippen molar-refractivity contribution in [3.05, 3.63) is 77.9 Å². The van der Waals surface area contributed by atoms with Crippen LogP contribution in [-0.4, -0.2) is 35.1 Å². The number of rotatable bonds is 5. The summed E-state index contributed by atoms with van der Waals surface area (Å²) in [6.07, 6.45) is 0.708. The van der Waals surface area contributed by atoms with E-state index in [0.29, 0.717) is 17.1 Å². The van der Waals surface area contributed by atoms with Crippen LogP contribution >= 0.6 is 11.8 Å². The van der Waals surface area contributed by atoms with Gasteiger partial charge in [-0.3, -0.25) is 14.5 Å². The number of ketones is 1. The summed E-state index contributed by atoms with van der Waals surface area (Å²) in [7, 11) is 1.65. The summed E-state index contributed by atoms with van der Waals surface area (Å²) in [5.74, 6) is 0.215. The maximum atomic E-state index is 12.4. The third kappa shape index (κ3) is 4.44. The zero-order valence-electron chi connectivity index (χ0n) is 15.3. The molecule has 3 rings (SSSR count). The molecule has 27 heavy (non-hydrogen) atoms. The molecule has 0 bridgehead atoms. The minimum Gasteiger partial charge on any atom is -0.297 e. The van der Waals surface area contributed by atoms with Crippen LogP contribution in [0.1, 0.15) is 15.9 Å². The number of aryl methyl sites for hydroxylation is 1. The summed E-state index contributed by atoms with van der Waals surface area (Å²) >= 11 is 1.26. The van der Waals surface area contributed by atoms with Gasteiger partial charge >= 0.3 is 0 Å². The minimum atomic E-state index is 0.00207. The summed E-state index contributed by atoms with van der Waals surface area (Å²) < 4.78 is 0. The van der Waals surface area contributed by atoms with Crippen LogP contribution in [0.2, 0.25) is 0 Å². The van der Waals surface area contributed by atoms with Gasteiger partial charge in [-0.1, -0.05) is 78.5 Å². The van der Waals surface area contributed by atoms with E-state index < -0.39 is 0 Å². The quantitative estimate of drug-likeness (QED) is 0.277. The van der Waals surface area contributed by atoms with Gasteiger partial charge in [-0.15, -0.1) is 0 Å². The molecule has 0 heterocycles. The number of hydrogen-bond donors (Lipinski definition) is 0. The molecular formula is C22H20N2O2S. The molecule has 0 aliphatic carbocycles. The number of thioether (sulfide) groups is 1. The molecule has 136 valence electrons. The Kier molecular flexibility index (Phi) is 6.04. The van der Waals surface area contributed by atoms with Crippen molar-refractivity contribution in [2.75, 3.05) is 12.8 Å². The number of nitrogens with zero attached hydrogens (tertiary/aromatic N) is 2. The number of hydrogen-bond acceptors (Lipinski definition) is 4. The van der Waals surface area contributed by atoms with Crippen molar-refractivity contribution in [2.45, 2.75) is 6.92 Å². The molecule has 0 aliphatic heterocycles. The Morgan fingerprint density at radius 3 is 2.48 bits per heavy atom. The van der Waals surface area contributed by atoms with Gasteiger partial charge in [-0.25, -0.2) is 4.99 Å². The second kappa shape index (κ2) is 8.64. The average Bonchev–Trinajstić information content (AvgIpc) is 2.72. The second-order valence-electron chi connectivity index (χ2n) is 6.14. The lowest BCUT2D eigenvalue weighted by Crippen LogP contribution is -2.23. The molecule has 0 fully saturated rings. The van der Waals surface area contributed by atoms with E-state index in [1.165, 1.54) is 16.7 Å². The van der Waals surface area contributed by atoms with Crippen LogP contribution in [-0.2, 0) is 4.79 Å². The van der Waals surface area contributed by atoms with E-state index in [1.54, 1.807) is 19.2 Å². The molecule has 4 nitrogen and oxygen atoms in total. The highest BCUT2D eigenvalue weighted by Crippen LogP contribution is 2.31. The number of Topliss-reactive ketones (excluding diaryl/α,β-unsaturated/α-hetero) is 1. The van der Waals surface area contributed by atoms with Crippen LogP contribution in [0.5, 0.6) is 0 Å². The van der Waals surface area contributed by atoms with Crippen LogP contribution in [0.3, 0.4) is 0 Å². The summed E-state index contributed by atoms with van der Waals surface area (Å²) in [5, 5.41) is 2.60. The van der Waals surface area contributed by atoms with Crippen molar-refractivity contribution in [2.24, 2.45) is 4.99 Å². The Labute approximate surface area is 162 Å².